The van der Waals surface area contributed by atoms with Crippen molar-refractivity contribution < 1.29 is 4.74 Å². The molecular formula is C12H27NO. The molecule has 0 aromatic heterocycles. The normalized spacial score (nSPS) is 15.4. The third kappa shape index (κ3) is 7.34. The molecule has 0 rings (SSSR count). The minimum atomic E-state index is 0.343. The lowest BCUT2D eigenvalue weighted by molar-refractivity contribution is 0.0735. The van der Waals surface area contributed by atoms with E-state index in [1.807, 2.05) is 6.92 Å². The monoisotopic (exact) mass is 201 g/mol. The maximum absolute atomic E-state index is 5.48. The molecule has 0 spiro atoms. The van der Waals surface area contributed by atoms with E-state index < -0.39 is 0 Å². The maximum Gasteiger partial charge on any atom is 0.0671 e. The van der Waals surface area contributed by atoms with Crippen LogP contribution < -0.4 is 5.32 Å². The van der Waals surface area contributed by atoms with Crippen LogP contribution in [0, 0.1) is 0 Å². The quantitative estimate of drug-likeness (QED) is 0.619. The van der Waals surface area contributed by atoms with E-state index in [2.05, 4.69) is 26.1 Å². The van der Waals surface area contributed by atoms with Crippen LogP contribution in [0.25, 0.3) is 0 Å². The highest BCUT2D eigenvalue weighted by molar-refractivity contribution is 4.66. The molecule has 0 aliphatic rings. The molecule has 0 amide bonds. The van der Waals surface area contributed by atoms with E-state index in [9.17, 15) is 0 Å². The van der Waals surface area contributed by atoms with Crippen molar-refractivity contribution in [3.63, 3.8) is 0 Å². The maximum atomic E-state index is 5.48. The number of hydrogen-bond acceptors (Lipinski definition) is 2. The second-order valence-corrected chi connectivity index (χ2v) is 3.92. The van der Waals surface area contributed by atoms with Gasteiger partial charge in [-0.3, -0.25) is 0 Å². The van der Waals surface area contributed by atoms with Gasteiger partial charge < -0.3 is 10.1 Å². The van der Waals surface area contributed by atoms with E-state index in [-0.39, 0.29) is 0 Å². The van der Waals surface area contributed by atoms with E-state index in [1.54, 1.807) is 0 Å². The molecule has 0 bridgehead atoms. The predicted molar refractivity (Wildman–Crippen MR) is 62.7 cm³/mol. The molecule has 2 unspecified atom stereocenters. The van der Waals surface area contributed by atoms with Gasteiger partial charge in [0.05, 0.1) is 6.10 Å². The van der Waals surface area contributed by atoms with Gasteiger partial charge in [0, 0.05) is 19.2 Å². The van der Waals surface area contributed by atoms with Gasteiger partial charge >= 0.3 is 0 Å². The first-order valence-electron chi connectivity index (χ1n) is 6.09. The van der Waals surface area contributed by atoms with E-state index in [4.69, 9.17) is 4.74 Å². The Kier molecular flexibility index (Phi) is 9.42. The zero-order valence-electron chi connectivity index (χ0n) is 10.3. The summed E-state index contributed by atoms with van der Waals surface area (Å²) in [6.07, 6.45) is 5.48. The molecule has 0 radical (unpaired) electrons. The van der Waals surface area contributed by atoms with Crippen molar-refractivity contribution in [1.82, 2.24) is 5.32 Å². The summed E-state index contributed by atoms with van der Waals surface area (Å²) in [7, 11) is 0. The minimum Gasteiger partial charge on any atom is -0.377 e. The molecule has 86 valence electrons. The Morgan fingerprint density at radius 1 is 1.21 bits per heavy atom. The Balaban J connectivity index is 3.50. The number of rotatable bonds is 9. The molecule has 0 saturated carbocycles. The van der Waals surface area contributed by atoms with Crippen molar-refractivity contribution in [2.24, 2.45) is 0 Å². The molecule has 2 heteroatoms. The van der Waals surface area contributed by atoms with Crippen molar-refractivity contribution in [3.8, 4) is 0 Å². The van der Waals surface area contributed by atoms with Crippen LogP contribution >= 0.6 is 0 Å². The fraction of sp³-hybridized carbons (Fsp3) is 1.00. The summed E-state index contributed by atoms with van der Waals surface area (Å²) in [6.45, 7) is 10.5. The van der Waals surface area contributed by atoms with Gasteiger partial charge in [-0.05, 0) is 26.7 Å². The molecular weight excluding hydrogens is 174 g/mol. The van der Waals surface area contributed by atoms with Crippen molar-refractivity contribution >= 4 is 0 Å². The second kappa shape index (κ2) is 9.47. The zero-order chi connectivity index (χ0) is 10.8. The Bertz CT molecular complexity index is 117. The van der Waals surface area contributed by atoms with E-state index in [0.717, 1.165) is 13.2 Å². The third-order valence-electron chi connectivity index (χ3n) is 2.54. The van der Waals surface area contributed by atoms with Crippen LogP contribution in [0.2, 0.25) is 0 Å². The number of ether oxygens (including phenoxy) is 1. The van der Waals surface area contributed by atoms with Gasteiger partial charge in [-0.2, -0.15) is 0 Å². The topological polar surface area (TPSA) is 21.3 Å². The van der Waals surface area contributed by atoms with E-state index in [0.29, 0.717) is 12.1 Å². The van der Waals surface area contributed by atoms with Crippen LogP contribution in [0.1, 0.15) is 53.4 Å². The van der Waals surface area contributed by atoms with Gasteiger partial charge in [0.2, 0.25) is 0 Å². The van der Waals surface area contributed by atoms with Gasteiger partial charge in [-0.15, -0.1) is 0 Å². The number of hydrogen-bond donors (Lipinski definition) is 1. The first-order chi connectivity index (χ1) is 6.74. The van der Waals surface area contributed by atoms with E-state index in [1.165, 1.54) is 25.7 Å². The Labute approximate surface area is 89.4 Å². The summed E-state index contributed by atoms with van der Waals surface area (Å²) in [5, 5.41) is 3.56. The summed E-state index contributed by atoms with van der Waals surface area (Å²) in [4.78, 5) is 0. The molecule has 0 saturated heterocycles. The van der Waals surface area contributed by atoms with Gasteiger partial charge in [0.15, 0.2) is 0 Å². The molecule has 2 nitrogen and oxygen atoms in total. The summed E-state index contributed by atoms with van der Waals surface area (Å²) < 4.78 is 5.48. The van der Waals surface area contributed by atoms with Crippen molar-refractivity contribution in [1.29, 1.82) is 0 Å². The average Bonchev–Trinajstić information content (AvgIpc) is 2.19. The van der Waals surface area contributed by atoms with Gasteiger partial charge in [-0.1, -0.05) is 26.7 Å². The third-order valence-corrected chi connectivity index (χ3v) is 2.54. The molecule has 1 N–H and O–H groups in total. The first kappa shape index (κ1) is 13.9. The van der Waals surface area contributed by atoms with Crippen LogP contribution in [0.3, 0.4) is 0 Å². The number of unbranched alkanes of at least 4 members (excludes halogenated alkanes) is 1. The molecule has 0 heterocycles. The first-order valence-corrected chi connectivity index (χ1v) is 6.09. The molecule has 0 aromatic carbocycles. The summed E-state index contributed by atoms with van der Waals surface area (Å²) in [5.41, 5.74) is 0. The fourth-order valence-electron chi connectivity index (χ4n) is 1.58. The molecule has 0 fully saturated rings. The predicted octanol–water partition coefficient (Wildman–Crippen LogP) is 2.97. The van der Waals surface area contributed by atoms with Crippen molar-refractivity contribution in [2.45, 2.75) is 65.5 Å². The average molecular weight is 201 g/mol. The van der Waals surface area contributed by atoms with Gasteiger partial charge in [0.1, 0.15) is 0 Å². The molecule has 0 aliphatic carbocycles. The van der Waals surface area contributed by atoms with E-state index >= 15 is 0 Å². The highest BCUT2D eigenvalue weighted by atomic mass is 16.5. The van der Waals surface area contributed by atoms with Crippen LogP contribution in [-0.4, -0.2) is 25.3 Å². The number of nitrogens with one attached hydrogen (secondary N) is 1. The lowest BCUT2D eigenvalue weighted by atomic mass is 10.1. The Hall–Kier alpha value is -0.0800. The summed E-state index contributed by atoms with van der Waals surface area (Å²) >= 11 is 0. The molecule has 14 heavy (non-hydrogen) atoms. The van der Waals surface area contributed by atoms with Crippen molar-refractivity contribution in [3.05, 3.63) is 0 Å². The molecule has 2 atom stereocenters. The SMILES string of the molecule is CCCCC(CC)NCC(C)OCC. The van der Waals surface area contributed by atoms with Gasteiger partial charge in [0.25, 0.3) is 0 Å². The molecule has 0 aliphatic heterocycles. The fourth-order valence-corrected chi connectivity index (χ4v) is 1.58. The highest BCUT2D eigenvalue weighted by Crippen LogP contribution is 2.04. The van der Waals surface area contributed by atoms with Crippen LogP contribution in [0.15, 0.2) is 0 Å². The molecule has 0 aromatic rings. The highest BCUT2D eigenvalue weighted by Gasteiger charge is 2.07. The second-order valence-electron chi connectivity index (χ2n) is 3.92. The van der Waals surface area contributed by atoms with Crippen LogP contribution in [0.4, 0.5) is 0 Å². The van der Waals surface area contributed by atoms with Crippen molar-refractivity contribution in [2.75, 3.05) is 13.2 Å². The Morgan fingerprint density at radius 2 is 1.93 bits per heavy atom. The Morgan fingerprint density at radius 3 is 2.43 bits per heavy atom. The van der Waals surface area contributed by atoms with Crippen LogP contribution in [-0.2, 0) is 4.74 Å². The lowest BCUT2D eigenvalue weighted by Crippen LogP contribution is -2.35. The largest absolute Gasteiger partial charge is 0.377 e. The summed E-state index contributed by atoms with van der Waals surface area (Å²) in [5.74, 6) is 0. The van der Waals surface area contributed by atoms with Gasteiger partial charge in [-0.25, -0.2) is 0 Å². The standard InChI is InChI=1S/C12H27NO/c1-5-8-9-12(6-2)13-10-11(4)14-7-3/h11-13H,5-10H2,1-4H3. The summed E-state index contributed by atoms with van der Waals surface area (Å²) in [6, 6.07) is 0.679. The smallest absolute Gasteiger partial charge is 0.0671 e. The van der Waals surface area contributed by atoms with Crippen LogP contribution in [0.5, 0.6) is 0 Å². The minimum absolute atomic E-state index is 0.343. The zero-order valence-corrected chi connectivity index (χ0v) is 10.3. The lowest BCUT2D eigenvalue weighted by Gasteiger charge is -2.19.